The first-order chi connectivity index (χ1) is 12.1. The Morgan fingerprint density at radius 3 is 2.64 bits per heavy atom. The number of thioether (sulfide) groups is 1. The van der Waals surface area contributed by atoms with E-state index in [0.717, 1.165) is 5.56 Å². The summed E-state index contributed by atoms with van der Waals surface area (Å²) in [6.07, 6.45) is 1.71. The summed E-state index contributed by atoms with van der Waals surface area (Å²) in [5, 5.41) is 2.58. The van der Waals surface area contributed by atoms with Gasteiger partial charge in [-0.1, -0.05) is 48.2 Å². The first-order valence-electron chi connectivity index (χ1n) is 7.36. The van der Waals surface area contributed by atoms with Crippen molar-refractivity contribution >= 4 is 40.3 Å². The second-order valence-electron chi connectivity index (χ2n) is 5.15. The van der Waals surface area contributed by atoms with E-state index in [9.17, 15) is 9.18 Å². The fourth-order valence-electron chi connectivity index (χ4n) is 2.26. The summed E-state index contributed by atoms with van der Waals surface area (Å²) in [5.41, 5.74) is 1.52. The van der Waals surface area contributed by atoms with Crippen LogP contribution in [-0.2, 0) is 11.4 Å². The Balaban J connectivity index is 1.89. The number of methoxy groups -OCH3 is 1. The Kier molecular flexibility index (Phi) is 5.35. The number of amides is 1. The number of nitrogens with one attached hydrogen (secondary N) is 1. The highest BCUT2D eigenvalue weighted by molar-refractivity contribution is 8.26. The fraction of sp³-hybridized carbons (Fsp3) is 0.111. The monoisotopic (exact) mass is 375 g/mol. The number of carbonyl (C=O) groups is 1. The summed E-state index contributed by atoms with van der Waals surface area (Å²) in [4.78, 5) is 12.4. The van der Waals surface area contributed by atoms with Crippen molar-refractivity contribution in [1.82, 2.24) is 5.32 Å². The van der Waals surface area contributed by atoms with Crippen LogP contribution in [0.5, 0.6) is 11.5 Å². The molecule has 2 aromatic rings. The van der Waals surface area contributed by atoms with Gasteiger partial charge in [0.05, 0.1) is 12.0 Å². The molecule has 4 nitrogen and oxygen atoms in total. The SMILES string of the molecule is COc1cccc(/C=C2\SC(=S)NC2=O)c1OCc1ccc(F)cc1. The molecular weight excluding hydrogens is 361 g/mol. The lowest BCUT2D eigenvalue weighted by Gasteiger charge is -2.13. The summed E-state index contributed by atoms with van der Waals surface area (Å²) >= 11 is 6.20. The van der Waals surface area contributed by atoms with Gasteiger partial charge in [-0.05, 0) is 29.8 Å². The van der Waals surface area contributed by atoms with Gasteiger partial charge in [0.2, 0.25) is 0 Å². The predicted octanol–water partition coefficient (Wildman–Crippen LogP) is 3.90. The van der Waals surface area contributed by atoms with Crippen molar-refractivity contribution in [3.05, 3.63) is 64.3 Å². The number of hydrogen-bond donors (Lipinski definition) is 1. The van der Waals surface area contributed by atoms with E-state index in [-0.39, 0.29) is 18.3 Å². The number of carbonyl (C=O) groups excluding carboxylic acids is 1. The molecule has 128 valence electrons. The maximum absolute atomic E-state index is 13.0. The number of rotatable bonds is 5. The van der Waals surface area contributed by atoms with E-state index in [1.165, 1.54) is 23.9 Å². The molecule has 1 aliphatic rings. The Morgan fingerprint density at radius 2 is 2.00 bits per heavy atom. The van der Waals surface area contributed by atoms with E-state index >= 15 is 0 Å². The quantitative estimate of drug-likeness (QED) is 0.634. The van der Waals surface area contributed by atoms with Gasteiger partial charge in [0.1, 0.15) is 16.7 Å². The normalized spacial score (nSPS) is 15.4. The molecule has 0 unspecified atom stereocenters. The van der Waals surface area contributed by atoms with E-state index in [1.54, 1.807) is 31.4 Å². The Bertz CT molecular complexity index is 850. The maximum atomic E-state index is 13.0. The average molecular weight is 375 g/mol. The third kappa shape index (κ3) is 4.18. The van der Waals surface area contributed by atoms with E-state index in [4.69, 9.17) is 21.7 Å². The topological polar surface area (TPSA) is 47.6 Å². The van der Waals surface area contributed by atoms with E-state index in [2.05, 4.69) is 5.32 Å². The van der Waals surface area contributed by atoms with Crippen molar-refractivity contribution in [2.45, 2.75) is 6.61 Å². The summed E-state index contributed by atoms with van der Waals surface area (Å²) in [6.45, 7) is 0.245. The van der Waals surface area contributed by atoms with Crippen LogP contribution in [0, 0.1) is 5.82 Å². The minimum absolute atomic E-state index is 0.234. The van der Waals surface area contributed by atoms with Crippen LogP contribution in [-0.4, -0.2) is 17.3 Å². The molecule has 1 saturated heterocycles. The standard InChI is InChI=1S/C18H14FNO3S2/c1-22-14-4-2-3-12(9-15-17(21)20-18(24)25-15)16(14)23-10-11-5-7-13(19)8-6-11/h2-9H,10H2,1H3,(H,20,21,24)/b15-9-. The third-order valence-electron chi connectivity index (χ3n) is 3.45. The molecule has 0 spiro atoms. The third-order valence-corrected chi connectivity index (χ3v) is 4.62. The van der Waals surface area contributed by atoms with Gasteiger partial charge in [-0.3, -0.25) is 4.79 Å². The first kappa shape index (κ1) is 17.4. The predicted molar refractivity (Wildman–Crippen MR) is 100 cm³/mol. The smallest absolute Gasteiger partial charge is 0.263 e. The highest BCUT2D eigenvalue weighted by atomic mass is 32.2. The van der Waals surface area contributed by atoms with Crippen LogP contribution in [0.1, 0.15) is 11.1 Å². The summed E-state index contributed by atoms with van der Waals surface area (Å²) in [7, 11) is 1.54. The molecule has 25 heavy (non-hydrogen) atoms. The lowest BCUT2D eigenvalue weighted by atomic mass is 10.1. The van der Waals surface area contributed by atoms with Gasteiger partial charge in [0.15, 0.2) is 11.5 Å². The molecule has 0 atom stereocenters. The highest BCUT2D eigenvalue weighted by Crippen LogP contribution is 2.35. The van der Waals surface area contributed by atoms with Crippen LogP contribution in [0.15, 0.2) is 47.4 Å². The molecule has 0 bridgehead atoms. The molecule has 0 aliphatic carbocycles. The second-order valence-corrected chi connectivity index (χ2v) is 6.86. The van der Waals surface area contributed by atoms with E-state index < -0.39 is 0 Å². The van der Waals surface area contributed by atoms with Crippen LogP contribution < -0.4 is 14.8 Å². The van der Waals surface area contributed by atoms with Crippen LogP contribution in [0.2, 0.25) is 0 Å². The molecule has 0 saturated carbocycles. The molecule has 1 amide bonds. The number of hydrogen-bond acceptors (Lipinski definition) is 5. The van der Waals surface area contributed by atoms with Gasteiger partial charge in [-0.25, -0.2) is 4.39 Å². The summed E-state index contributed by atoms with van der Waals surface area (Å²) < 4.78 is 24.7. The number of ether oxygens (including phenoxy) is 2. The molecule has 7 heteroatoms. The molecular formula is C18H14FNO3S2. The van der Waals surface area contributed by atoms with Gasteiger partial charge in [0.25, 0.3) is 5.91 Å². The molecule has 0 radical (unpaired) electrons. The Labute approximate surface area is 154 Å². The molecule has 1 fully saturated rings. The van der Waals surface area contributed by atoms with Gasteiger partial charge >= 0.3 is 0 Å². The lowest BCUT2D eigenvalue weighted by Crippen LogP contribution is -2.17. The van der Waals surface area contributed by atoms with E-state index in [1.807, 2.05) is 12.1 Å². The van der Waals surface area contributed by atoms with E-state index in [0.29, 0.717) is 26.3 Å². The minimum Gasteiger partial charge on any atom is -0.493 e. The first-order valence-corrected chi connectivity index (χ1v) is 8.58. The summed E-state index contributed by atoms with van der Waals surface area (Å²) in [6, 6.07) is 11.5. The zero-order valence-corrected chi connectivity index (χ0v) is 14.9. The fourth-order valence-corrected chi connectivity index (χ4v) is 3.30. The second kappa shape index (κ2) is 7.67. The average Bonchev–Trinajstić information content (AvgIpc) is 2.92. The van der Waals surface area contributed by atoms with Crippen molar-refractivity contribution in [3.63, 3.8) is 0 Å². The zero-order chi connectivity index (χ0) is 17.8. The lowest BCUT2D eigenvalue weighted by molar-refractivity contribution is -0.115. The summed E-state index contributed by atoms with van der Waals surface area (Å²) in [5.74, 6) is 0.518. The molecule has 1 aliphatic heterocycles. The molecule has 2 aromatic carbocycles. The van der Waals surface area contributed by atoms with Crippen molar-refractivity contribution < 1.29 is 18.7 Å². The Hall–Kier alpha value is -2.38. The van der Waals surface area contributed by atoms with Crippen molar-refractivity contribution in [1.29, 1.82) is 0 Å². The van der Waals surface area contributed by atoms with Crippen LogP contribution >= 0.6 is 24.0 Å². The largest absolute Gasteiger partial charge is 0.493 e. The van der Waals surface area contributed by atoms with Crippen molar-refractivity contribution in [2.75, 3.05) is 7.11 Å². The highest BCUT2D eigenvalue weighted by Gasteiger charge is 2.23. The van der Waals surface area contributed by atoms with Gasteiger partial charge < -0.3 is 14.8 Å². The van der Waals surface area contributed by atoms with Crippen molar-refractivity contribution in [3.8, 4) is 11.5 Å². The minimum atomic E-state index is -0.299. The molecule has 3 rings (SSSR count). The molecule has 0 aromatic heterocycles. The number of halogens is 1. The molecule has 1 N–H and O–H groups in total. The number of benzene rings is 2. The van der Waals surface area contributed by atoms with Gasteiger partial charge in [-0.15, -0.1) is 0 Å². The molecule has 1 heterocycles. The van der Waals surface area contributed by atoms with Crippen LogP contribution in [0.3, 0.4) is 0 Å². The number of para-hydroxylation sites is 1. The van der Waals surface area contributed by atoms with Crippen molar-refractivity contribution in [2.24, 2.45) is 0 Å². The van der Waals surface area contributed by atoms with Gasteiger partial charge in [-0.2, -0.15) is 0 Å². The zero-order valence-electron chi connectivity index (χ0n) is 13.2. The Morgan fingerprint density at radius 1 is 1.24 bits per heavy atom. The van der Waals surface area contributed by atoms with Crippen LogP contribution in [0.25, 0.3) is 6.08 Å². The van der Waals surface area contributed by atoms with Crippen LogP contribution in [0.4, 0.5) is 4.39 Å². The maximum Gasteiger partial charge on any atom is 0.263 e. The van der Waals surface area contributed by atoms with Gasteiger partial charge in [0, 0.05) is 5.56 Å². The number of thiocarbonyl (C=S) groups is 1.